The van der Waals surface area contributed by atoms with Crippen molar-refractivity contribution in [2.45, 2.75) is 44.2 Å². The van der Waals surface area contributed by atoms with Crippen LogP contribution in [-0.4, -0.2) is 83.6 Å². The summed E-state index contributed by atoms with van der Waals surface area (Å²) in [6, 6.07) is 0.537. The summed E-state index contributed by atoms with van der Waals surface area (Å²) in [6.45, 7) is 6.35. The first-order valence-corrected chi connectivity index (χ1v) is 9.01. The van der Waals surface area contributed by atoms with Crippen LogP contribution in [0.15, 0.2) is 0 Å². The summed E-state index contributed by atoms with van der Waals surface area (Å²) in [7, 11) is 0. The topological polar surface area (TPSA) is 73.2 Å². The standard InChI is InChI=1S/C17H30N2O4/c1-2-23-16(22)17(19-9-14(10-19)12-21)5-3-15(4-6-17)18-7-13(8-18)11-20/h13-15,20-21H,2-12H2,1H3. The molecule has 0 radical (unpaired) electrons. The zero-order valence-electron chi connectivity index (χ0n) is 14.1. The first-order valence-electron chi connectivity index (χ1n) is 9.01. The number of aliphatic hydroxyl groups is 2. The third-order valence-corrected chi connectivity index (χ3v) is 6.02. The van der Waals surface area contributed by atoms with E-state index in [1.165, 1.54) is 0 Å². The molecule has 0 aromatic carbocycles. The lowest BCUT2D eigenvalue weighted by molar-refractivity contribution is -0.170. The fraction of sp³-hybridized carbons (Fsp3) is 0.941. The van der Waals surface area contributed by atoms with E-state index in [0.29, 0.717) is 24.5 Å². The SMILES string of the molecule is CCOC(=O)C1(N2CC(CO)C2)CCC(N2CC(CO)C2)CC1. The molecule has 0 bridgehead atoms. The molecule has 0 atom stereocenters. The van der Waals surface area contributed by atoms with Crippen molar-refractivity contribution in [3.8, 4) is 0 Å². The Morgan fingerprint density at radius 3 is 2.17 bits per heavy atom. The molecule has 1 saturated carbocycles. The van der Waals surface area contributed by atoms with E-state index in [1.54, 1.807) is 0 Å². The smallest absolute Gasteiger partial charge is 0.326 e. The summed E-state index contributed by atoms with van der Waals surface area (Å²) >= 11 is 0. The van der Waals surface area contributed by atoms with Crippen molar-refractivity contribution in [1.82, 2.24) is 9.80 Å². The number of carbonyl (C=O) groups is 1. The highest BCUT2D eigenvalue weighted by atomic mass is 16.5. The van der Waals surface area contributed by atoms with Gasteiger partial charge < -0.3 is 14.9 Å². The van der Waals surface area contributed by atoms with Gasteiger partial charge in [0.2, 0.25) is 0 Å². The quantitative estimate of drug-likeness (QED) is 0.674. The van der Waals surface area contributed by atoms with E-state index < -0.39 is 5.54 Å². The summed E-state index contributed by atoms with van der Waals surface area (Å²) in [4.78, 5) is 17.3. The van der Waals surface area contributed by atoms with Gasteiger partial charge in [-0.15, -0.1) is 0 Å². The minimum atomic E-state index is -0.473. The maximum absolute atomic E-state index is 12.6. The number of carbonyl (C=O) groups excluding carboxylic acids is 1. The Hall–Kier alpha value is -0.690. The summed E-state index contributed by atoms with van der Waals surface area (Å²) in [6.07, 6.45) is 3.71. The Balaban J connectivity index is 1.59. The van der Waals surface area contributed by atoms with E-state index in [2.05, 4.69) is 9.80 Å². The number of aliphatic hydroxyl groups excluding tert-OH is 2. The molecule has 0 spiro atoms. The molecule has 0 aromatic rings. The fourth-order valence-corrected chi connectivity index (χ4v) is 4.42. The predicted molar refractivity (Wildman–Crippen MR) is 85.9 cm³/mol. The number of nitrogens with zero attached hydrogens (tertiary/aromatic N) is 2. The van der Waals surface area contributed by atoms with E-state index in [-0.39, 0.29) is 19.2 Å². The number of likely N-dealkylation sites (tertiary alicyclic amines) is 2. The molecule has 2 aliphatic heterocycles. The molecule has 3 rings (SSSR count). The Morgan fingerprint density at radius 2 is 1.65 bits per heavy atom. The minimum Gasteiger partial charge on any atom is -0.465 e. The van der Waals surface area contributed by atoms with Gasteiger partial charge in [0, 0.05) is 57.3 Å². The Labute approximate surface area is 138 Å². The molecule has 2 N–H and O–H groups in total. The van der Waals surface area contributed by atoms with Gasteiger partial charge in [0.15, 0.2) is 0 Å². The molecular weight excluding hydrogens is 296 g/mol. The second kappa shape index (κ2) is 7.05. The largest absolute Gasteiger partial charge is 0.465 e. The maximum atomic E-state index is 12.6. The average molecular weight is 326 g/mol. The third-order valence-electron chi connectivity index (χ3n) is 6.02. The molecular formula is C17H30N2O4. The van der Waals surface area contributed by atoms with Crippen molar-refractivity contribution in [3.05, 3.63) is 0 Å². The molecule has 2 heterocycles. The van der Waals surface area contributed by atoms with Crippen LogP contribution in [0, 0.1) is 11.8 Å². The summed E-state index contributed by atoms with van der Waals surface area (Å²) in [5.41, 5.74) is -0.473. The normalized spacial score (nSPS) is 34.0. The second-order valence-corrected chi connectivity index (χ2v) is 7.44. The number of ether oxygens (including phenoxy) is 1. The zero-order chi connectivity index (χ0) is 16.4. The molecule has 2 saturated heterocycles. The number of esters is 1. The van der Waals surface area contributed by atoms with Crippen LogP contribution in [0.4, 0.5) is 0 Å². The van der Waals surface area contributed by atoms with Crippen LogP contribution in [0.3, 0.4) is 0 Å². The predicted octanol–water partition coefficient (Wildman–Crippen LogP) is 0.0791. The monoisotopic (exact) mass is 326 g/mol. The van der Waals surface area contributed by atoms with Crippen molar-refractivity contribution in [2.75, 3.05) is 46.0 Å². The van der Waals surface area contributed by atoms with Crippen LogP contribution < -0.4 is 0 Å². The molecule has 3 aliphatic rings. The Kier molecular flexibility index (Phi) is 5.26. The van der Waals surface area contributed by atoms with Gasteiger partial charge in [-0.3, -0.25) is 14.6 Å². The minimum absolute atomic E-state index is 0.0771. The summed E-state index contributed by atoms with van der Waals surface area (Å²) < 4.78 is 5.39. The molecule has 1 aliphatic carbocycles. The van der Waals surface area contributed by atoms with E-state index in [4.69, 9.17) is 9.84 Å². The molecule has 23 heavy (non-hydrogen) atoms. The highest BCUT2D eigenvalue weighted by Crippen LogP contribution is 2.41. The summed E-state index contributed by atoms with van der Waals surface area (Å²) in [5, 5.41) is 18.4. The molecule has 6 heteroatoms. The second-order valence-electron chi connectivity index (χ2n) is 7.44. The Bertz CT molecular complexity index is 411. The van der Waals surface area contributed by atoms with Crippen LogP contribution in [0.2, 0.25) is 0 Å². The first kappa shape index (κ1) is 17.1. The van der Waals surface area contributed by atoms with E-state index >= 15 is 0 Å². The van der Waals surface area contributed by atoms with Gasteiger partial charge in [-0.1, -0.05) is 0 Å². The number of hydrogen-bond acceptors (Lipinski definition) is 6. The van der Waals surface area contributed by atoms with Gasteiger partial charge in [0.1, 0.15) is 5.54 Å². The molecule has 3 fully saturated rings. The zero-order valence-corrected chi connectivity index (χ0v) is 14.1. The van der Waals surface area contributed by atoms with E-state index in [0.717, 1.165) is 51.9 Å². The van der Waals surface area contributed by atoms with Crippen LogP contribution in [-0.2, 0) is 9.53 Å². The molecule has 0 unspecified atom stereocenters. The molecule has 132 valence electrons. The van der Waals surface area contributed by atoms with Crippen LogP contribution in [0.5, 0.6) is 0 Å². The van der Waals surface area contributed by atoms with Gasteiger partial charge in [-0.2, -0.15) is 0 Å². The average Bonchev–Trinajstić information content (AvgIpc) is 2.47. The first-order chi connectivity index (χ1) is 11.1. The maximum Gasteiger partial charge on any atom is 0.326 e. The van der Waals surface area contributed by atoms with Crippen molar-refractivity contribution in [1.29, 1.82) is 0 Å². The summed E-state index contributed by atoms with van der Waals surface area (Å²) in [5.74, 6) is 0.666. The highest BCUT2D eigenvalue weighted by Gasteiger charge is 2.52. The van der Waals surface area contributed by atoms with Gasteiger partial charge in [-0.05, 0) is 32.6 Å². The lowest BCUT2D eigenvalue weighted by Crippen LogP contribution is -2.67. The van der Waals surface area contributed by atoms with Crippen LogP contribution >= 0.6 is 0 Å². The van der Waals surface area contributed by atoms with E-state index in [1.807, 2.05) is 6.92 Å². The fourth-order valence-electron chi connectivity index (χ4n) is 4.42. The van der Waals surface area contributed by atoms with Crippen LogP contribution in [0.1, 0.15) is 32.6 Å². The van der Waals surface area contributed by atoms with Gasteiger partial charge in [-0.25, -0.2) is 0 Å². The number of hydrogen-bond donors (Lipinski definition) is 2. The molecule has 6 nitrogen and oxygen atoms in total. The van der Waals surface area contributed by atoms with Crippen LogP contribution in [0.25, 0.3) is 0 Å². The van der Waals surface area contributed by atoms with Crippen molar-refractivity contribution in [3.63, 3.8) is 0 Å². The highest BCUT2D eigenvalue weighted by molar-refractivity contribution is 5.81. The molecule has 0 amide bonds. The van der Waals surface area contributed by atoms with Crippen molar-refractivity contribution >= 4 is 5.97 Å². The van der Waals surface area contributed by atoms with Gasteiger partial charge >= 0.3 is 5.97 Å². The lowest BCUT2D eigenvalue weighted by Gasteiger charge is -2.54. The van der Waals surface area contributed by atoms with E-state index in [9.17, 15) is 9.90 Å². The van der Waals surface area contributed by atoms with Gasteiger partial charge in [0.05, 0.1) is 6.61 Å². The van der Waals surface area contributed by atoms with Gasteiger partial charge in [0.25, 0.3) is 0 Å². The Morgan fingerprint density at radius 1 is 1.09 bits per heavy atom. The third kappa shape index (κ3) is 3.14. The lowest BCUT2D eigenvalue weighted by atomic mass is 9.74. The molecule has 0 aromatic heterocycles. The number of rotatable bonds is 6. The van der Waals surface area contributed by atoms with Crippen molar-refractivity contribution < 1.29 is 19.7 Å². The van der Waals surface area contributed by atoms with Crippen molar-refractivity contribution in [2.24, 2.45) is 11.8 Å².